The summed E-state index contributed by atoms with van der Waals surface area (Å²) in [5.74, 6) is 0. The van der Waals surface area contributed by atoms with Gasteiger partial charge in [-0.25, -0.2) is 13.1 Å². The second-order valence-electron chi connectivity index (χ2n) is 4.88. The van der Waals surface area contributed by atoms with Crippen LogP contribution >= 0.6 is 12.2 Å². The van der Waals surface area contributed by atoms with E-state index in [4.69, 9.17) is 22.7 Å². The molecule has 0 aliphatic carbocycles. The average Bonchev–Trinajstić information content (AvgIpc) is 2.38. The summed E-state index contributed by atoms with van der Waals surface area (Å²) in [4.78, 5) is 0.508. The fourth-order valence-electron chi connectivity index (χ4n) is 2.22. The molecule has 0 amide bonds. The van der Waals surface area contributed by atoms with Crippen LogP contribution in [-0.4, -0.2) is 32.7 Å². The van der Waals surface area contributed by atoms with Crippen molar-refractivity contribution in [3.8, 4) is 0 Å². The standard InChI is InChI=1S/C13H18N2O3S2/c1-9-7-10(13(14)19)4-5-12(9)20(16,17)15-11-3-2-6-18-8-11/h4-5,7,11,15H,2-3,6,8H2,1H3,(H2,14,19). The summed E-state index contributed by atoms with van der Waals surface area (Å²) in [5, 5.41) is 0. The van der Waals surface area contributed by atoms with Gasteiger partial charge in [-0.1, -0.05) is 18.3 Å². The lowest BCUT2D eigenvalue weighted by Gasteiger charge is -2.23. The summed E-state index contributed by atoms with van der Waals surface area (Å²) < 4.78 is 32.7. The number of hydrogen-bond donors (Lipinski definition) is 2. The topological polar surface area (TPSA) is 81.4 Å². The molecule has 1 aromatic rings. The van der Waals surface area contributed by atoms with E-state index in [2.05, 4.69) is 4.72 Å². The van der Waals surface area contributed by atoms with Crippen LogP contribution in [0.25, 0.3) is 0 Å². The monoisotopic (exact) mass is 314 g/mol. The van der Waals surface area contributed by atoms with Crippen LogP contribution in [0.5, 0.6) is 0 Å². The Morgan fingerprint density at radius 1 is 1.50 bits per heavy atom. The van der Waals surface area contributed by atoms with Crippen LogP contribution in [0.4, 0.5) is 0 Å². The third-order valence-electron chi connectivity index (χ3n) is 3.23. The van der Waals surface area contributed by atoms with Crippen molar-refractivity contribution >= 4 is 27.2 Å². The maximum atomic E-state index is 12.4. The van der Waals surface area contributed by atoms with Crippen molar-refractivity contribution < 1.29 is 13.2 Å². The molecule has 1 atom stereocenters. The van der Waals surface area contributed by atoms with Crippen molar-refractivity contribution in [2.45, 2.75) is 30.7 Å². The van der Waals surface area contributed by atoms with E-state index < -0.39 is 10.0 Å². The van der Waals surface area contributed by atoms with Gasteiger partial charge in [0.2, 0.25) is 10.0 Å². The fourth-order valence-corrected chi connectivity index (χ4v) is 3.83. The van der Waals surface area contributed by atoms with Crippen molar-refractivity contribution in [3.05, 3.63) is 29.3 Å². The molecule has 1 aliphatic heterocycles. The highest BCUT2D eigenvalue weighted by molar-refractivity contribution is 7.89. The van der Waals surface area contributed by atoms with Gasteiger partial charge >= 0.3 is 0 Å². The Labute approximate surface area is 124 Å². The van der Waals surface area contributed by atoms with Gasteiger partial charge in [0.15, 0.2) is 0 Å². The summed E-state index contributed by atoms with van der Waals surface area (Å²) in [5.41, 5.74) is 6.83. The highest BCUT2D eigenvalue weighted by Crippen LogP contribution is 2.18. The number of thiocarbonyl (C=S) groups is 1. The zero-order valence-electron chi connectivity index (χ0n) is 11.3. The van der Waals surface area contributed by atoms with E-state index in [-0.39, 0.29) is 15.9 Å². The molecule has 0 spiro atoms. The summed E-state index contributed by atoms with van der Waals surface area (Å²) in [6, 6.07) is 4.69. The van der Waals surface area contributed by atoms with E-state index in [1.54, 1.807) is 19.1 Å². The van der Waals surface area contributed by atoms with Crippen molar-refractivity contribution in [2.24, 2.45) is 5.73 Å². The number of ether oxygens (including phenoxy) is 1. The van der Waals surface area contributed by atoms with Crippen LogP contribution in [0, 0.1) is 6.92 Å². The molecule has 5 nitrogen and oxygen atoms in total. The lowest BCUT2D eigenvalue weighted by Crippen LogP contribution is -2.40. The molecule has 3 N–H and O–H groups in total. The van der Waals surface area contributed by atoms with Gasteiger partial charge < -0.3 is 10.5 Å². The molecule has 0 radical (unpaired) electrons. The molecule has 0 aromatic heterocycles. The SMILES string of the molecule is Cc1cc(C(N)=S)ccc1S(=O)(=O)NC1CCCOC1. The minimum Gasteiger partial charge on any atom is -0.389 e. The first-order valence-corrected chi connectivity index (χ1v) is 8.30. The number of nitrogens with two attached hydrogens (primary N) is 1. The van der Waals surface area contributed by atoms with E-state index in [0.717, 1.165) is 12.8 Å². The van der Waals surface area contributed by atoms with Crippen LogP contribution in [-0.2, 0) is 14.8 Å². The number of hydrogen-bond acceptors (Lipinski definition) is 4. The minimum atomic E-state index is -3.55. The average molecular weight is 314 g/mol. The summed E-state index contributed by atoms with van der Waals surface area (Å²) in [6.45, 7) is 2.84. The van der Waals surface area contributed by atoms with E-state index in [9.17, 15) is 8.42 Å². The van der Waals surface area contributed by atoms with Gasteiger partial charge in [0, 0.05) is 18.2 Å². The van der Waals surface area contributed by atoms with Gasteiger partial charge in [-0.2, -0.15) is 0 Å². The van der Waals surface area contributed by atoms with Gasteiger partial charge in [0.25, 0.3) is 0 Å². The molecule has 1 heterocycles. The van der Waals surface area contributed by atoms with Crippen LogP contribution in [0.2, 0.25) is 0 Å². The number of benzene rings is 1. The molecule has 2 rings (SSSR count). The first-order valence-electron chi connectivity index (χ1n) is 6.40. The molecule has 0 bridgehead atoms. The third-order valence-corrected chi connectivity index (χ3v) is 5.15. The quantitative estimate of drug-likeness (QED) is 0.813. The van der Waals surface area contributed by atoms with Gasteiger partial charge in [-0.15, -0.1) is 0 Å². The molecule has 110 valence electrons. The second kappa shape index (κ2) is 6.17. The van der Waals surface area contributed by atoms with Crippen molar-refractivity contribution in [1.82, 2.24) is 4.72 Å². The van der Waals surface area contributed by atoms with Crippen molar-refractivity contribution in [3.63, 3.8) is 0 Å². The Morgan fingerprint density at radius 2 is 2.25 bits per heavy atom. The molecule has 7 heteroatoms. The molecular formula is C13H18N2O3S2. The van der Waals surface area contributed by atoms with Crippen LogP contribution in [0.15, 0.2) is 23.1 Å². The maximum absolute atomic E-state index is 12.4. The Bertz CT molecular complexity index is 608. The molecule has 1 saturated heterocycles. The lowest BCUT2D eigenvalue weighted by atomic mass is 10.1. The van der Waals surface area contributed by atoms with E-state index in [1.165, 1.54) is 6.07 Å². The van der Waals surface area contributed by atoms with E-state index >= 15 is 0 Å². The summed E-state index contributed by atoms with van der Waals surface area (Å²) in [6.07, 6.45) is 1.66. The Balaban J connectivity index is 2.22. The van der Waals surface area contributed by atoms with Crippen molar-refractivity contribution in [1.29, 1.82) is 0 Å². The highest BCUT2D eigenvalue weighted by Gasteiger charge is 2.23. The zero-order chi connectivity index (χ0) is 14.8. The van der Waals surface area contributed by atoms with Gasteiger partial charge in [0.05, 0.1) is 11.5 Å². The minimum absolute atomic E-state index is 0.164. The first-order chi connectivity index (χ1) is 9.40. The van der Waals surface area contributed by atoms with Gasteiger partial charge in [-0.05, 0) is 37.5 Å². The zero-order valence-corrected chi connectivity index (χ0v) is 12.9. The number of aryl methyl sites for hydroxylation is 1. The second-order valence-corrected chi connectivity index (χ2v) is 7.00. The van der Waals surface area contributed by atoms with E-state index in [1.807, 2.05) is 0 Å². The van der Waals surface area contributed by atoms with Gasteiger partial charge in [0.1, 0.15) is 4.99 Å². The lowest BCUT2D eigenvalue weighted by molar-refractivity contribution is 0.0774. The van der Waals surface area contributed by atoms with Gasteiger partial charge in [-0.3, -0.25) is 0 Å². The molecular weight excluding hydrogens is 296 g/mol. The van der Waals surface area contributed by atoms with E-state index in [0.29, 0.717) is 24.3 Å². The molecule has 1 unspecified atom stereocenters. The molecule has 1 fully saturated rings. The van der Waals surface area contributed by atoms with Crippen LogP contribution < -0.4 is 10.5 Å². The highest BCUT2D eigenvalue weighted by atomic mass is 32.2. The molecule has 1 aliphatic rings. The predicted octanol–water partition coefficient (Wildman–Crippen LogP) is 1.09. The Morgan fingerprint density at radius 3 is 2.80 bits per heavy atom. The normalized spacial score (nSPS) is 19.8. The van der Waals surface area contributed by atoms with Crippen LogP contribution in [0.3, 0.4) is 0 Å². The molecule has 1 aromatic carbocycles. The fraction of sp³-hybridized carbons (Fsp3) is 0.462. The summed E-state index contributed by atoms with van der Waals surface area (Å²) in [7, 11) is -3.55. The molecule has 0 saturated carbocycles. The number of sulfonamides is 1. The Kier molecular flexibility index (Phi) is 4.74. The molecule has 20 heavy (non-hydrogen) atoms. The number of nitrogens with one attached hydrogen (secondary N) is 1. The number of rotatable bonds is 4. The largest absolute Gasteiger partial charge is 0.389 e. The van der Waals surface area contributed by atoms with Crippen LogP contribution in [0.1, 0.15) is 24.0 Å². The van der Waals surface area contributed by atoms with Crippen molar-refractivity contribution in [2.75, 3.05) is 13.2 Å². The summed E-state index contributed by atoms with van der Waals surface area (Å²) >= 11 is 4.89. The smallest absolute Gasteiger partial charge is 0.241 e. The maximum Gasteiger partial charge on any atom is 0.241 e. The first kappa shape index (κ1) is 15.4. The third kappa shape index (κ3) is 3.54. The predicted molar refractivity (Wildman–Crippen MR) is 81.2 cm³/mol. The Hall–Kier alpha value is -1.02.